The second-order valence-electron chi connectivity index (χ2n) is 6.05. The van der Waals surface area contributed by atoms with E-state index in [1.165, 1.54) is 35.5 Å². The Balaban J connectivity index is 1.68. The van der Waals surface area contributed by atoms with Crippen LogP contribution in [0.4, 0.5) is 0 Å². The average Bonchev–Trinajstić information content (AvgIpc) is 3.15. The van der Waals surface area contributed by atoms with E-state index in [4.69, 9.17) is 0 Å². The minimum absolute atomic E-state index is 0.537. The van der Waals surface area contributed by atoms with Gasteiger partial charge in [-0.2, -0.15) is 0 Å². The maximum Gasteiger partial charge on any atom is 0.190 e. The van der Waals surface area contributed by atoms with Crippen molar-refractivity contribution >= 4 is 43.7 Å². The van der Waals surface area contributed by atoms with Gasteiger partial charge in [-0.05, 0) is 30.9 Å². The van der Waals surface area contributed by atoms with Gasteiger partial charge in [0.05, 0.1) is 15.0 Å². The topological polar surface area (TPSA) is 81.5 Å². The molecule has 0 aliphatic heterocycles. The van der Waals surface area contributed by atoms with Crippen LogP contribution in [0.25, 0.3) is 32.6 Å². The smallest absolute Gasteiger partial charge is 0.190 e. The molecular weight excluding hydrogens is 386 g/mol. The molecule has 0 aromatic carbocycles. The Morgan fingerprint density at radius 3 is 2.65 bits per heavy atom. The van der Waals surface area contributed by atoms with Crippen LogP contribution in [0.1, 0.15) is 12.8 Å². The lowest BCUT2D eigenvalue weighted by Gasteiger charge is -2.03. The van der Waals surface area contributed by atoms with E-state index in [1.54, 1.807) is 24.7 Å². The van der Waals surface area contributed by atoms with Crippen molar-refractivity contribution < 1.29 is 4.21 Å². The number of nitrogens with zero attached hydrogens (tertiary/aromatic N) is 5. The van der Waals surface area contributed by atoms with Crippen molar-refractivity contribution in [2.24, 2.45) is 5.92 Å². The molecule has 0 bridgehead atoms. The minimum Gasteiger partial charge on any atom is -0.254 e. The van der Waals surface area contributed by atoms with Crippen LogP contribution in [0.2, 0.25) is 0 Å². The van der Waals surface area contributed by atoms with Gasteiger partial charge in [0, 0.05) is 35.1 Å². The molecule has 26 heavy (non-hydrogen) atoms. The number of thiophene rings is 1. The van der Waals surface area contributed by atoms with Gasteiger partial charge in [-0.25, -0.2) is 24.9 Å². The molecule has 0 radical (unpaired) electrons. The predicted octanol–water partition coefficient (Wildman–Crippen LogP) is 3.79. The molecule has 0 N–H and O–H groups in total. The number of rotatable bonds is 5. The first-order chi connectivity index (χ1) is 12.8. The van der Waals surface area contributed by atoms with Crippen molar-refractivity contribution in [1.29, 1.82) is 0 Å². The van der Waals surface area contributed by atoms with Crippen LogP contribution < -0.4 is 0 Å². The number of fused-ring (bicyclic) bond motifs is 1. The van der Waals surface area contributed by atoms with Crippen LogP contribution in [-0.4, -0.2) is 34.9 Å². The molecular formula is C17H13N5OS3. The summed E-state index contributed by atoms with van der Waals surface area (Å²) in [5, 5.41) is 3.49. The Morgan fingerprint density at radius 1 is 1.08 bits per heavy atom. The highest BCUT2D eigenvalue weighted by Crippen LogP contribution is 2.37. The molecule has 4 heterocycles. The van der Waals surface area contributed by atoms with Crippen molar-refractivity contribution in [3.63, 3.8) is 0 Å². The lowest BCUT2D eigenvalue weighted by molar-refractivity contribution is 0.681. The first kappa shape index (κ1) is 16.1. The summed E-state index contributed by atoms with van der Waals surface area (Å²) in [4.78, 5) is 23.1. The molecule has 9 heteroatoms. The van der Waals surface area contributed by atoms with Crippen LogP contribution in [0.3, 0.4) is 0 Å². The van der Waals surface area contributed by atoms with Crippen LogP contribution in [-0.2, 0) is 10.8 Å². The first-order valence-electron chi connectivity index (χ1n) is 8.15. The minimum atomic E-state index is -0.995. The number of hydrogen-bond donors (Lipinski definition) is 0. The van der Waals surface area contributed by atoms with E-state index in [-0.39, 0.29) is 0 Å². The zero-order chi connectivity index (χ0) is 17.5. The molecule has 4 aromatic rings. The zero-order valence-corrected chi connectivity index (χ0v) is 16.0. The molecule has 4 aromatic heterocycles. The largest absolute Gasteiger partial charge is 0.254 e. The van der Waals surface area contributed by atoms with Crippen LogP contribution in [0, 0.1) is 5.92 Å². The van der Waals surface area contributed by atoms with Gasteiger partial charge in [-0.15, -0.1) is 22.7 Å². The van der Waals surface area contributed by atoms with Gasteiger partial charge in [0.1, 0.15) is 10.5 Å². The maximum atomic E-state index is 12.7. The van der Waals surface area contributed by atoms with Gasteiger partial charge < -0.3 is 0 Å². The summed E-state index contributed by atoms with van der Waals surface area (Å²) >= 11 is 2.95. The van der Waals surface area contributed by atoms with Gasteiger partial charge in [-0.3, -0.25) is 4.21 Å². The summed E-state index contributed by atoms with van der Waals surface area (Å²) in [5.74, 6) is 2.43. The van der Waals surface area contributed by atoms with Crippen LogP contribution in [0.15, 0.2) is 40.3 Å². The fourth-order valence-electron chi connectivity index (χ4n) is 2.61. The molecule has 1 aliphatic rings. The van der Waals surface area contributed by atoms with Gasteiger partial charge in [-0.1, -0.05) is 0 Å². The third-order valence-corrected chi connectivity index (χ3v) is 7.82. The van der Waals surface area contributed by atoms with Gasteiger partial charge in [0.2, 0.25) is 0 Å². The van der Waals surface area contributed by atoms with Crippen molar-refractivity contribution in [3.8, 4) is 22.4 Å². The zero-order valence-electron chi connectivity index (χ0n) is 13.5. The molecule has 0 saturated heterocycles. The molecule has 1 aliphatic carbocycles. The Hall–Kier alpha value is -2.10. The van der Waals surface area contributed by atoms with E-state index in [0.717, 1.165) is 25.2 Å². The Labute approximate surface area is 159 Å². The monoisotopic (exact) mass is 399 g/mol. The lowest BCUT2D eigenvalue weighted by Crippen LogP contribution is -1.97. The summed E-state index contributed by atoms with van der Waals surface area (Å²) in [6.07, 6.45) is 7.49. The van der Waals surface area contributed by atoms with Gasteiger partial charge >= 0.3 is 0 Å². The van der Waals surface area contributed by atoms with E-state index in [2.05, 4.69) is 24.9 Å². The summed E-state index contributed by atoms with van der Waals surface area (Å²) in [7, 11) is -0.995. The number of hydrogen-bond acceptors (Lipinski definition) is 8. The Kier molecular flexibility index (Phi) is 4.07. The second kappa shape index (κ2) is 6.57. The van der Waals surface area contributed by atoms with Crippen molar-refractivity contribution in [2.45, 2.75) is 17.1 Å². The average molecular weight is 400 g/mol. The highest BCUT2D eigenvalue weighted by molar-refractivity contribution is 7.87. The summed E-state index contributed by atoms with van der Waals surface area (Å²) < 4.78 is 13.5. The second-order valence-corrected chi connectivity index (χ2v) is 9.69. The molecule has 0 spiro atoms. The summed E-state index contributed by atoms with van der Waals surface area (Å²) in [6, 6.07) is 3.71. The SMILES string of the molecule is O=S(CC1CC1)c1cc2c(-c3ncccn3)nc(-c3nccs3)nc2s1. The molecule has 0 amide bonds. The standard InChI is InChI=1S/C17H13N5OS3/c23-26(9-10-2-3-10)12-8-11-13(14-18-4-1-5-19-14)21-15(22-16(11)25-12)17-20-6-7-24-17/h1,4-8,10H,2-3,9H2. The molecule has 1 saturated carbocycles. The fourth-order valence-corrected chi connectivity index (χ4v) is 5.94. The normalized spacial score (nSPS) is 15.4. The molecule has 1 atom stereocenters. The number of thiazole rings is 1. The van der Waals surface area contributed by atoms with Crippen molar-refractivity contribution in [2.75, 3.05) is 5.75 Å². The molecule has 1 unspecified atom stereocenters. The molecule has 5 rings (SSSR count). The maximum absolute atomic E-state index is 12.7. The van der Waals surface area contributed by atoms with E-state index >= 15 is 0 Å². The van der Waals surface area contributed by atoms with E-state index in [9.17, 15) is 4.21 Å². The van der Waals surface area contributed by atoms with E-state index in [1.807, 2.05) is 11.4 Å². The summed E-state index contributed by atoms with van der Waals surface area (Å²) in [6.45, 7) is 0. The van der Waals surface area contributed by atoms with E-state index in [0.29, 0.717) is 23.3 Å². The fraction of sp³-hybridized carbons (Fsp3) is 0.235. The van der Waals surface area contributed by atoms with E-state index < -0.39 is 10.8 Å². The highest BCUT2D eigenvalue weighted by atomic mass is 32.2. The van der Waals surface area contributed by atoms with Crippen LogP contribution in [0.5, 0.6) is 0 Å². The van der Waals surface area contributed by atoms with Crippen LogP contribution >= 0.6 is 22.7 Å². The van der Waals surface area contributed by atoms with Crippen molar-refractivity contribution in [3.05, 3.63) is 36.1 Å². The lowest BCUT2D eigenvalue weighted by atomic mass is 10.2. The quantitative estimate of drug-likeness (QED) is 0.508. The third-order valence-electron chi connectivity index (χ3n) is 4.08. The predicted molar refractivity (Wildman–Crippen MR) is 104 cm³/mol. The van der Waals surface area contributed by atoms with Crippen molar-refractivity contribution in [1.82, 2.24) is 24.9 Å². The highest BCUT2D eigenvalue weighted by Gasteiger charge is 2.26. The third kappa shape index (κ3) is 3.06. The number of aromatic nitrogens is 5. The molecule has 130 valence electrons. The van der Waals surface area contributed by atoms with Gasteiger partial charge in [0.15, 0.2) is 16.7 Å². The Morgan fingerprint density at radius 2 is 1.92 bits per heavy atom. The molecule has 6 nitrogen and oxygen atoms in total. The molecule has 1 fully saturated rings. The first-order valence-corrected chi connectivity index (χ1v) is 11.2. The Bertz CT molecular complexity index is 1090. The van der Waals surface area contributed by atoms with Gasteiger partial charge in [0.25, 0.3) is 0 Å². The summed E-state index contributed by atoms with van der Waals surface area (Å²) in [5.41, 5.74) is 0.659.